The van der Waals surface area contributed by atoms with E-state index in [0.29, 0.717) is 22.6 Å². The van der Waals surface area contributed by atoms with Crippen LogP contribution in [0, 0.1) is 0 Å². The lowest BCUT2D eigenvalue weighted by atomic mass is 10.00. The van der Waals surface area contributed by atoms with E-state index in [4.69, 9.17) is 23.3 Å². The Hall–Kier alpha value is -5.36. The topological polar surface area (TPSA) is 98.9 Å². The van der Waals surface area contributed by atoms with Crippen LogP contribution in [0.2, 0.25) is 0 Å². The minimum Gasteiger partial charge on any atom is -0.465 e. The van der Waals surface area contributed by atoms with Crippen molar-refractivity contribution in [2.24, 2.45) is 0 Å². The number of ether oxygens (including phenoxy) is 2. The van der Waals surface area contributed by atoms with E-state index in [1.54, 1.807) is 18.2 Å². The quantitative estimate of drug-likeness (QED) is 0.120. The smallest absolute Gasteiger partial charge is 0.337 e. The van der Waals surface area contributed by atoms with Gasteiger partial charge in [0.2, 0.25) is 5.89 Å². The lowest BCUT2D eigenvalue weighted by Crippen LogP contribution is -2.01. The number of hydrogen-bond acceptors (Lipinski definition) is 6. The van der Waals surface area contributed by atoms with Crippen LogP contribution in [0.15, 0.2) is 126 Å². The van der Waals surface area contributed by atoms with E-state index < -0.39 is 14.7 Å². The van der Waals surface area contributed by atoms with Gasteiger partial charge in [-0.05, 0) is 81.2 Å². The predicted octanol–water partition coefficient (Wildman–Crippen LogP) is 9.16. The van der Waals surface area contributed by atoms with E-state index in [2.05, 4.69) is 59.6 Å². The van der Waals surface area contributed by atoms with E-state index in [0.717, 1.165) is 34.3 Å². The Balaban J connectivity index is 0.000000168. The molecule has 0 bridgehead atoms. The molecule has 0 saturated heterocycles. The average Bonchev–Trinajstić information content (AvgIpc) is 3.50. The largest absolute Gasteiger partial charge is 0.465 e. The molecule has 0 radical (unpaired) electrons. The van der Waals surface area contributed by atoms with Crippen LogP contribution in [0.4, 0.5) is 0 Å². The third-order valence-electron chi connectivity index (χ3n) is 7.33. The molecule has 8 rings (SSSR count). The SMILES string of the molecule is COC(=O)c1ccc2oc(-c3cccc4cc5ccccc5cc34)nc2c1.O=PO.c1ccc2c(c1)Cc1ccccc1O2. The first kappa shape index (κ1) is 28.7. The van der Waals surface area contributed by atoms with Gasteiger partial charge in [-0.2, -0.15) is 0 Å². The van der Waals surface area contributed by atoms with Gasteiger partial charge in [-0.1, -0.05) is 72.8 Å². The summed E-state index contributed by atoms with van der Waals surface area (Å²) in [6, 6.07) is 40.2. The molecule has 0 unspecified atom stereocenters. The fourth-order valence-electron chi connectivity index (χ4n) is 5.26. The Bertz CT molecular complexity index is 2050. The number of rotatable bonds is 2. The number of fused-ring (bicyclic) bond motifs is 5. The second-order valence-electron chi connectivity index (χ2n) is 10.00. The number of aromatic nitrogens is 1. The molecule has 7 nitrogen and oxygen atoms in total. The Morgan fingerprint density at radius 1 is 0.773 bits per heavy atom. The van der Waals surface area contributed by atoms with Crippen LogP contribution < -0.4 is 4.74 Å². The van der Waals surface area contributed by atoms with Crippen molar-refractivity contribution < 1.29 is 28.1 Å². The number of hydrogen-bond donors (Lipinski definition) is 1. The van der Waals surface area contributed by atoms with Crippen LogP contribution in [-0.2, 0) is 15.7 Å². The first-order valence-corrected chi connectivity index (χ1v) is 14.6. The molecule has 7 aromatic rings. The van der Waals surface area contributed by atoms with Crippen molar-refractivity contribution in [3.05, 3.63) is 138 Å². The van der Waals surface area contributed by atoms with Gasteiger partial charge >= 0.3 is 14.7 Å². The van der Waals surface area contributed by atoms with Crippen LogP contribution in [0.1, 0.15) is 21.5 Å². The average molecular weight is 600 g/mol. The van der Waals surface area contributed by atoms with E-state index in [9.17, 15) is 4.79 Å². The number of methoxy groups -OCH3 is 1. The highest BCUT2D eigenvalue weighted by Crippen LogP contribution is 2.36. The predicted molar refractivity (Wildman–Crippen MR) is 171 cm³/mol. The summed E-state index contributed by atoms with van der Waals surface area (Å²) in [5, 5.41) is 4.57. The molecule has 2 heterocycles. The highest BCUT2D eigenvalue weighted by atomic mass is 31.1. The normalized spacial score (nSPS) is 11.4. The van der Waals surface area contributed by atoms with Gasteiger partial charge in [0.1, 0.15) is 17.0 Å². The first-order chi connectivity index (χ1) is 21.6. The van der Waals surface area contributed by atoms with Gasteiger partial charge in [0.15, 0.2) is 5.58 Å². The zero-order valence-corrected chi connectivity index (χ0v) is 24.5. The number of esters is 1. The second-order valence-corrected chi connectivity index (χ2v) is 10.2. The number of carbonyl (C=O) groups excluding carboxylic acids is 1. The van der Waals surface area contributed by atoms with Gasteiger partial charge in [-0.25, -0.2) is 14.3 Å². The van der Waals surface area contributed by atoms with E-state index in [1.807, 2.05) is 48.5 Å². The Morgan fingerprint density at radius 2 is 1.39 bits per heavy atom. The molecule has 0 amide bonds. The highest BCUT2D eigenvalue weighted by Gasteiger charge is 2.16. The zero-order chi connectivity index (χ0) is 30.5. The van der Waals surface area contributed by atoms with Crippen LogP contribution in [0.5, 0.6) is 11.5 Å². The fraction of sp³-hybridized carbons (Fsp3) is 0.0556. The number of oxazole rings is 1. The summed E-state index contributed by atoms with van der Waals surface area (Å²) < 4.78 is 25.0. The van der Waals surface area contributed by atoms with Gasteiger partial charge in [0.05, 0.1) is 12.7 Å². The van der Waals surface area contributed by atoms with E-state index in [-0.39, 0.29) is 0 Å². The van der Waals surface area contributed by atoms with Crippen molar-refractivity contribution in [1.29, 1.82) is 0 Å². The molecular formula is C36H26NO6P. The van der Waals surface area contributed by atoms with E-state index >= 15 is 0 Å². The molecule has 6 aromatic carbocycles. The summed E-state index contributed by atoms with van der Waals surface area (Å²) in [7, 11) is 0.529. The molecule has 44 heavy (non-hydrogen) atoms. The molecule has 0 aliphatic carbocycles. The third-order valence-corrected chi connectivity index (χ3v) is 7.33. The Kier molecular flexibility index (Phi) is 8.41. The third kappa shape index (κ3) is 5.92. The van der Waals surface area contributed by atoms with Gasteiger partial charge < -0.3 is 18.8 Å². The molecule has 0 atom stereocenters. The summed E-state index contributed by atoms with van der Waals surface area (Å²) in [6.07, 6.45) is 0.979. The Morgan fingerprint density at radius 3 is 2.07 bits per heavy atom. The summed E-state index contributed by atoms with van der Waals surface area (Å²) in [6.45, 7) is 0. The standard InChI is InChI=1S/C23H15NO3.C13H10O.HO2P/c1-26-23(25)17-9-10-21-20(13-17)24-22(27-21)18-8-4-7-16-11-14-5-2-3-6-15(14)12-19(16)18;1-3-7-12-10(5-1)9-11-6-2-4-8-13(11)14-12;1-3-2/h2-13H,1H3;1-8H,9H2;(H,1,2). The van der Waals surface area contributed by atoms with E-state index in [1.165, 1.54) is 29.0 Å². The van der Waals surface area contributed by atoms with Crippen molar-refractivity contribution in [2.75, 3.05) is 7.11 Å². The molecule has 0 fully saturated rings. The number of nitrogens with zero attached hydrogens (tertiary/aromatic N) is 1. The molecule has 0 saturated carbocycles. The highest BCUT2D eigenvalue weighted by molar-refractivity contribution is 7.16. The lowest BCUT2D eigenvalue weighted by Gasteiger charge is -2.19. The Labute approximate surface area is 254 Å². The van der Waals surface area contributed by atoms with Crippen LogP contribution in [0.25, 0.3) is 44.1 Å². The summed E-state index contributed by atoms with van der Waals surface area (Å²) in [5.41, 5.74) is 5.18. The maximum Gasteiger partial charge on any atom is 0.337 e. The minimum atomic E-state index is -0.833. The monoisotopic (exact) mass is 599 g/mol. The number of carbonyl (C=O) groups is 1. The zero-order valence-electron chi connectivity index (χ0n) is 23.6. The van der Waals surface area contributed by atoms with Crippen LogP contribution in [-0.4, -0.2) is 23.0 Å². The second kappa shape index (κ2) is 12.9. The molecule has 216 valence electrons. The lowest BCUT2D eigenvalue weighted by molar-refractivity contribution is 0.0601. The molecule has 0 spiro atoms. The number of para-hydroxylation sites is 2. The van der Waals surface area contributed by atoms with Crippen molar-refractivity contribution >= 4 is 47.3 Å². The van der Waals surface area contributed by atoms with Crippen LogP contribution >= 0.6 is 8.69 Å². The van der Waals surface area contributed by atoms with Gasteiger partial charge in [-0.3, -0.25) is 0 Å². The van der Waals surface area contributed by atoms with Crippen LogP contribution in [0.3, 0.4) is 0 Å². The minimum absolute atomic E-state index is 0.391. The van der Waals surface area contributed by atoms with Crippen molar-refractivity contribution in [1.82, 2.24) is 4.98 Å². The molecule has 1 aliphatic rings. The number of benzene rings is 6. The van der Waals surface area contributed by atoms with Crippen molar-refractivity contribution in [3.8, 4) is 23.0 Å². The van der Waals surface area contributed by atoms with Crippen molar-refractivity contribution in [3.63, 3.8) is 0 Å². The molecular weight excluding hydrogens is 573 g/mol. The summed E-state index contributed by atoms with van der Waals surface area (Å²) in [5.74, 6) is 2.13. The van der Waals surface area contributed by atoms with Gasteiger partial charge in [0, 0.05) is 12.0 Å². The summed E-state index contributed by atoms with van der Waals surface area (Å²) in [4.78, 5) is 23.4. The summed E-state index contributed by atoms with van der Waals surface area (Å²) >= 11 is 0. The fourth-order valence-corrected chi connectivity index (χ4v) is 5.26. The molecule has 8 heteroatoms. The maximum absolute atomic E-state index is 11.8. The van der Waals surface area contributed by atoms with Gasteiger partial charge in [-0.15, -0.1) is 0 Å². The first-order valence-electron chi connectivity index (χ1n) is 13.8. The maximum atomic E-state index is 11.8. The molecule has 1 N–H and O–H groups in total. The molecule has 1 aliphatic heterocycles. The van der Waals surface area contributed by atoms with Gasteiger partial charge in [0.25, 0.3) is 0 Å². The van der Waals surface area contributed by atoms with Crippen molar-refractivity contribution in [2.45, 2.75) is 6.42 Å². The molecule has 1 aromatic heterocycles.